The molecule has 1 aliphatic heterocycles. The van der Waals surface area contributed by atoms with E-state index in [4.69, 9.17) is 0 Å². The summed E-state index contributed by atoms with van der Waals surface area (Å²) >= 11 is 0. The molecule has 1 aliphatic carbocycles. The molecule has 6 aromatic rings. The van der Waals surface area contributed by atoms with E-state index in [1.165, 1.54) is 22.3 Å². The molecule has 8 rings (SSSR count). The van der Waals surface area contributed by atoms with Crippen molar-refractivity contribution in [1.29, 1.82) is 5.41 Å². The summed E-state index contributed by atoms with van der Waals surface area (Å²) in [7, 11) is 0. The van der Waals surface area contributed by atoms with Gasteiger partial charge in [0.25, 0.3) is 0 Å². The molecule has 3 heteroatoms. The SMILES string of the molecule is C/C(C(=N)c1ccccc1)=C1/NC(c2ccccc2)=Cc2ccc(N(c3ccccc3)c3ccc4c(c3)C(C)(C)c3ccccc3-4)cc21. The minimum Gasteiger partial charge on any atom is -0.354 e. The Labute approximate surface area is 283 Å². The lowest BCUT2D eigenvalue weighted by molar-refractivity contribution is 0.660. The highest BCUT2D eigenvalue weighted by atomic mass is 15.1. The third-order valence-electron chi connectivity index (χ3n) is 9.86. The van der Waals surface area contributed by atoms with Crippen LogP contribution in [0.2, 0.25) is 0 Å². The minimum atomic E-state index is -0.104. The van der Waals surface area contributed by atoms with E-state index in [2.05, 4.69) is 152 Å². The second kappa shape index (κ2) is 11.7. The summed E-state index contributed by atoms with van der Waals surface area (Å²) in [5.74, 6) is 0. The summed E-state index contributed by atoms with van der Waals surface area (Å²) in [5, 5.41) is 13.0. The highest BCUT2D eigenvalue weighted by molar-refractivity contribution is 6.15. The van der Waals surface area contributed by atoms with Gasteiger partial charge < -0.3 is 10.2 Å². The molecule has 0 bridgehead atoms. The Kier molecular flexibility index (Phi) is 7.18. The van der Waals surface area contributed by atoms with Crippen LogP contribution in [0.3, 0.4) is 0 Å². The minimum absolute atomic E-state index is 0.104. The van der Waals surface area contributed by atoms with Gasteiger partial charge in [-0.15, -0.1) is 0 Å². The summed E-state index contributed by atoms with van der Waals surface area (Å²) in [5.41, 5.74) is 16.0. The van der Waals surface area contributed by atoms with E-state index >= 15 is 0 Å². The summed E-state index contributed by atoms with van der Waals surface area (Å²) < 4.78 is 0. The number of benzene rings is 6. The number of rotatable bonds is 6. The first kappa shape index (κ1) is 29.5. The molecule has 0 saturated carbocycles. The van der Waals surface area contributed by atoms with Gasteiger partial charge in [-0.2, -0.15) is 0 Å². The lowest BCUT2D eigenvalue weighted by Crippen LogP contribution is -2.20. The number of hydrogen-bond acceptors (Lipinski definition) is 3. The zero-order chi connectivity index (χ0) is 32.8. The zero-order valence-electron chi connectivity index (χ0n) is 27.5. The number of allylic oxidation sites excluding steroid dienone is 1. The van der Waals surface area contributed by atoms with Crippen molar-refractivity contribution < 1.29 is 0 Å². The largest absolute Gasteiger partial charge is 0.354 e. The molecule has 0 aromatic heterocycles. The summed E-state index contributed by atoms with van der Waals surface area (Å²) in [6, 6.07) is 53.4. The third-order valence-corrected chi connectivity index (χ3v) is 9.86. The van der Waals surface area contributed by atoms with Gasteiger partial charge in [0.15, 0.2) is 0 Å². The van der Waals surface area contributed by atoms with E-state index < -0.39 is 0 Å². The standard InChI is InChI=1S/C45H37N3/c1-30(43(46)32-17-9-5-10-18-32)44-39-28-35(24-23-33(39)27-42(47-44)31-15-7-4-8-16-31)48(34-19-11-6-12-20-34)36-25-26-38-37-21-13-14-22-40(37)45(2,3)41(38)29-36/h4-29,46-47H,1-3H3/b44-30-,46-43?. The Morgan fingerprint density at radius 2 is 1.19 bits per heavy atom. The smallest absolute Gasteiger partial charge is 0.0662 e. The van der Waals surface area contributed by atoms with Gasteiger partial charge in [-0.3, -0.25) is 5.41 Å². The van der Waals surface area contributed by atoms with Gasteiger partial charge in [0.1, 0.15) is 0 Å². The Morgan fingerprint density at radius 3 is 1.94 bits per heavy atom. The molecule has 0 saturated heterocycles. The lowest BCUT2D eigenvalue weighted by Gasteiger charge is -2.30. The van der Waals surface area contributed by atoms with Crippen LogP contribution >= 0.6 is 0 Å². The van der Waals surface area contributed by atoms with Crippen LogP contribution in [0, 0.1) is 5.41 Å². The zero-order valence-corrected chi connectivity index (χ0v) is 27.5. The van der Waals surface area contributed by atoms with Crippen LogP contribution in [-0.2, 0) is 5.41 Å². The van der Waals surface area contributed by atoms with Crippen molar-refractivity contribution in [2.75, 3.05) is 4.90 Å². The van der Waals surface area contributed by atoms with Gasteiger partial charge in [0.05, 0.1) is 11.4 Å². The van der Waals surface area contributed by atoms with Gasteiger partial charge >= 0.3 is 0 Å². The molecule has 232 valence electrons. The average Bonchev–Trinajstić information content (AvgIpc) is 3.37. The quantitative estimate of drug-likeness (QED) is 0.182. The molecular formula is C45H37N3. The second-order valence-corrected chi connectivity index (χ2v) is 13.1. The van der Waals surface area contributed by atoms with E-state index in [0.717, 1.165) is 56.3 Å². The van der Waals surface area contributed by atoms with E-state index in [-0.39, 0.29) is 5.41 Å². The molecule has 2 aliphatic rings. The van der Waals surface area contributed by atoms with Crippen molar-refractivity contribution in [3.63, 3.8) is 0 Å². The number of para-hydroxylation sites is 1. The Morgan fingerprint density at radius 1 is 0.583 bits per heavy atom. The predicted molar refractivity (Wildman–Crippen MR) is 202 cm³/mol. The van der Waals surface area contributed by atoms with Gasteiger partial charge in [-0.1, -0.05) is 129 Å². The first-order valence-electron chi connectivity index (χ1n) is 16.5. The fourth-order valence-corrected chi connectivity index (χ4v) is 7.29. The molecule has 0 amide bonds. The molecule has 6 aromatic carbocycles. The molecule has 0 spiro atoms. The predicted octanol–water partition coefficient (Wildman–Crippen LogP) is 11.4. The number of nitrogens with one attached hydrogen (secondary N) is 2. The Balaban J connectivity index is 1.30. The van der Waals surface area contributed by atoms with Crippen molar-refractivity contribution >= 4 is 40.2 Å². The summed E-state index contributed by atoms with van der Waals surface area (Å²) in [6.07, 6.45) is 2.22. The van der Waals surface area contributed by atoms with Gasteiger partial charge in [-0.25, -0.2) is 0 Å². The van der Waals surface area contributed by atoms with E-state index in [1.807, 2.05) is 36.4 Å². The fourth-order valence-electron chi connectivity index (χ4n) is 7.29. The number of anilines is 3. The summed E-state index contributed by atoms with van der Waals surface area (Å²) in [6.45, 7) is 6.71. The van der Waals surface area contributed by atoms with Crippen molar-refractivity contribution in [2.24, 2.45) is 0 Å². The highest BCUT2D eigenvalue weighted by Gasteiger charge is 2.35. The van der Waals surface area contributed by atoms with Crippen molar-refractivity contribution in [3.05, 3.63) is 191 Å². The van der Waals surface area contributed by atoms with Crippen molar-refractivity contribution in [1.82, 2.24) is 5.32 Å². The van der Waals surface area contributed by atoms with Gasteiger partial charge in [0, 0.05) is 33.7 Å². The molecule has 0 unspecified atom stereocenters. The van der Waals surface area contributed by atoms with E-state index in [9.17, 15) is 5.41 Å². The first-order chi connectivity index (χ1) is 23.4. The maximum absolute atomic E-state index is 9.23. The molecule has 3 nitrogen and oxygen atoms in total. The average molecular weight is 620 g/mol. The highest BCUT2D eigenvalue weighted by Crippen LogP contribution is 2.50. The van der Waals surface area contributed by atoms with Crippen LogP contribution < -0.4 is 10.2 Å². The lowest BCUT2D eigenvalue weighted by atomic mass is 9.82. The second-order valence-electron chi connectivity index (χ2n) is 13.1. The normalized spacial score (nSPS) is 14.9. The molecule has 0 fully saturated rings. The number of fused-ring (bicyclic) bond motifs is 4. The first-order valence-corrected chi connectivity index (χ1v) is 16.5. The van der Waals surface area contributed by atoms with Crippen molar-refractivity contribution in [3.8, 4) is 11.1 Å². The third kappa shape index (κ3) is 4.96. The summed E-state index contributed by atoms with van der Waals surface area (Å²) in [4.78, 5) is 2.35. The molecule has 1 heterocycles. The molecule has 0 radical (unpaired) electrons. The van der Waals surface area contributed by atoms with Crippen molar-refractivity contribution in [2.45, 2.75) is 26.2 Å². The van der Waals surface area contributed by atoms with Crippen LogP contribution in [0.5, 0.6) is 0 Å². The molecule has 2 N–H and O–H groups in total. The topological polar surface area (TPSA) is 39.1 Å². The van der Waals surface area contributed by atoms with Crippen LogP contribution in [0.1, 0.15) is 54.2 Å². The van der Waals surface area contributed by atoms with Crippen LogP contribution in [0.15, 0.2) is 157 Å². The van der Waals surface area contributed by atoms with Crippen LogP contribution in [0.25, 0.3) is 28.6 Å². The molecule has 0 atom stereocenters. The Hall–Kier alpha value is -5.93. The maximum atomic E-state index is 9.23. The van der Waals surface area contributed by atoms with Crippen LogP contribution in [0.4, 0.5) is 17.1 Å². The fraction of sp³-hybridized carbons (Fsp3) is 0.0889. The maximum Gasteiger partial charge on any atom is 0.0662 e. The molecular weight excluding hydrogens is 583 g/mol. The van der Waals surface area contributed by atoms with Gasteiger partial charge in [-0.05, 0) is 93.9 Å². The number of hydrogen-bond donors (Lipinski definition) is 2. The number of nitrogens with zero attached hydrogens (tertiary/aromatic N) is 1. The van der Waals surface area contributed by atoms with Crippen LogP contribution in [-0.4, -0.2) is 5.71 Å². The van der Waals surface area contributed by atoms with E-state index in [1.54, 1.807) is 0 Å². The van der Waals surface area contributed by atoms with E-state index in [0.29, 0.717) is 5.71 Å². The van der Waals surface area contributed by atoms with Gasteiger partial charge in [0.2, 0.25) is 0 Å². The Bertz CT molecular complexity index is 2240. The monoisotopic (exact) mass is 619 g/mol. The molecule has 48 heavy (non-hydrogen) atoms.